The van der Waals surface area contributed by atoms with Gasteiger partial charge in [0.2, 0.25) is 0 Å². The first kappa shape index (κ1) is 20.2. The van der Waals surface area contributed by atoms with Crippen molar-refractivity contribution < 1.29 is 24.4 Å². The predicted molar refractivity (Wildman–Crippen MR) is 111 cm³/mol. The summed E-state index contributed by atoms with van der Waals surface area (Å²) in [5.41, 5.74) is 1.97. The van der Waals surface area contributed by atoms with Crippen LogP contribution in [-0.2, 0) is 4.57 Å². The van der Waals surface area contributed by atoms with Crippen LogP contribution in [0.15, 0.2) is 90.8 Å². The molecule has 0 amide bonds. The molecular formula is C23H18O5P+. The molecule has 1 unspecified atom stereocenters. The molecule has 3 aromatic carbocycles. The molecule has 0 aliphatic rings. The SMILES string of the molecule is O=C(O)c1ccc(C(C=C[P+](=O)c2ccccc2)c2ccc(C(=O)O)cc2)cc1. The minimum Gasteiger partial charge on any atom is -0.478 e. The van der Waals surface area contributed by atoms with Crippen LogP contribution in [0.1, 0.15) is 37.8 Å². The third-order valence-corrected chi connectivity index (χ3v) is 5.71. The molecule has 1 atom stereocenters. The highest BCUT2D eigenvalue weighted by molar-refractivity contribution is 7.56. The van der Waals surface area contributed by atoms with Gasteiger partial charge in [-0.15, -0.1) is 0 Å². The first-order chi connectivity index (χ1) is 14.0. The lowest BCUT2D eigenvalue weighted by atomic mass is 9.90. The zero-order valence-corrected chi connectivity index (χ0v) is 16.2. The average Bonchev–Trinajstić information content (AvgIpc) is 2.75. The summed E-state index contributed by atoms with van der Waals surface area (Å²) < 4.78 is 12.6. The van der Waals surface area contributed by atoms with Gasteiger partial charge >= 0.3 is 19.7 Å². The Morgan fingerprint density at radius 2 is 1.17 bits per heavy atom. The molecule has 0 aliphatic heterocycles. The van der Waals surface area contributed by atoms with Gasteiger partial charge in [0.05, 0.1) is 11.1 Å². The summed E-state index contributed by atoms with van der Waals surface area (Å²) in [7, 11) is -1.74. The number of hydrogen-bond donors (Lipinski definition) is 2. The van der Waals surface area contributed by atoms with Gasteiger partial charge in [-0.05, 0) is 53.6 Å². The lowest BCUT2D eigenvalue weighted by Gasteiger charge is -2.14. The Balaban J connectivity index is 1.96. The quantitative estimate of drug-likeness (QED) is 0.547. The van der Waals surface area contributed by atoms with Gasteiger partial charge in [0, 0.05) is 5.92 Å². The minimum absolute atomic E-state index is 0.174. The van der Waals surface area contributed by atoms with Gasteiger partial charge < -0.3 is 10.2 Å². The Kier molecular flexibility index (Phi) is 6.32. The van der Waals surface area contributed by atoms with Gasteiger partial charge in [-0.25, -0.2) is 9.59 Å². The van der Waals surface area contributed by atoms with Crippen LogP contribution < -0.4 is 5.30 Å². The number of carbonyl (C=O) groups is 2. The first-order valence-electron chi connectivity index (χ1n) is 8.82. The fraction of sp³-hybridized carbons (Fsp3) is 0.0435. The maximum atomic E-state index is 12.6. The minimum atomic E-state index is -1.74. The zero-order chi connectivity index (χ0) is 20.8. The van der Waals surface area contributed by atoms with Gasteiger partial charge in [-0.2, -0.15) is 0 Å². The normalized spacial score (nSPS) is 11.6. The Hall–Kier alpha value is -3.56. The molecule has 6 heteroatoms. The fourth-order valence-corrected chi connectivity index (χ4v) is 3.87. The molecule has 3 aromatic rings. The number of aromatic carboxylic acids is 2. The largest absolute Gasteiger partial charge is 0.478 e. The van der Waals surface area contributed by atoms with E-state index in [2.05, 4.69) is 0 Å². The number of hydrogen-bond acceptors (Lipinski definition) is 3. The van der Waals surface area contributed by atoms with E-state index in [1.165, 1.54) is 24.3 Å². The van der Waals surface area contributed by atoms with E-state index in [1.54, 1.807) is 48.3 Å². The molecule has 0 aliphatic carbocycles. The van der Waals surface area contributed by atoms with Crippen LogP contribution in [0.2, 0.25) is 0 Å². The summed E-state index contributed by atoms with van der Waals surface area (Å²) in [6, 6.07) is 22.0. The molecule has 3 rings (SSSR count). The monoisotopic (exact) mass is 405 g/mol. The molecule has 0 spiro atoms. The van der Waals surface area contributed by atoms with Crippen LogP contribution in [0.25, 0.3) is 0 Å². The Morgan fingerprint density at radius 3 is 1.59 bits per heavy atom. The lowest BCUT2D eigenvalue weighted by molar-refractivity contribution is 0.0686. The van der Waals surface area contributed by atoms with Crippen LogP contribution in [0, 0.1) is 0 Å². The molecular weight excluding hydrogens is 387 g/mol. The number of allylic oxidation sites excluding steroid dienone is 1. The van der Waals surface area contributed by atoms with Crippen molar-refractivity contribution in [3.63, 3.8) is 0 Å². The Morgan fingerprint density at radius 1 is 0.724 bits per heavy atom. The maximum absolute atomic E-state index is 12.6. The topological polar surface area (TPSA) is 91.7 Å². The van der Waals surface area contributed by atoms with Crippen molar-refractivity contribution in [2.75, 3.05) is 0 Å². The molecule has 0 radical (unpaired) electrons. The first-order valence-corrected chi connectivity index (χ1v) is 10.1. The fourth-order valence-electron chi connectivity index (χ4n) is 2.91. The van der Waals surface area contributed by atoms with Crippen LogP contribution in [0.5, 0.6) is 0 Å². The molecule has 0 saturated heterocycles. The summed E-state index contributed by atoms with van der Waals surface area (Å²) in [6.07, 6.45) is 1.80. The van der Waals surface area contributed by atoms with Gasteiger partial charge in [-0.1, -0.05) is 47.0 Å². The van der Waals surface area contributed by atoms with Crippen molar-refractivity contribution in [2.45, 2.75) is 5.92 Å². The maximum Gasteiger partial charge on any atom is 0.407 e. The molecule has 0 bridgehead atoms. The second-order valence-electron chi connectivity index (χ2n) is 6.33. The van der Waals surface area contributed by atoms with Crippen LogP contribution in [0.3, 0.4) is 0 Å². The molecule has 0 heterocycles. The summed E-state index contributed by atoms with van der Waals surface area (Å²) in [6.45, 7) is 0. The highest BCUT2D eigenvalue weighted by Crippen LogP contribution is 2.30. The summed E-state index contributed by atoms with van der Waals surface area (Å²) in [5.74, 6) is -0.697. The van der Waals surface area contributed by atoms with Crippen LogP contribution in [0.4, 0.5) is 0 Å². The third kappa shape index (κ3) is 5.03. The third-order valence-electron chi connectivity index (χ3n) is 4.46. The standard InChI is InChI=1S/C23H17O5P/c24-22(25)18-10-6-16(7-11-18)21(17-8-12-19(13-9-17)23(26)27)14-15-29(28)20-4-2-1-3-5-20/h1-15,21H,(H-,24,25,26,27)/p+1. The predicted octanol–water partition coefficient (Wildman–Crippen LogP) is 4.88. The number of carboxylic acids is 2. The van der Waals surface area contributed by atoms with E-state index in [0.29, 0.717) is 5.30 Å². The van der Waals surface area contributed by atoms with Crippen molar-refractivity contribution in [3.8, 4) is 0 Å². The molecule has 144 valence electrons. The number of benzene rings is 3. The van der Waals surface area contributed by atoms with Crippen molar-refractivity contribution in [1.29, 1.82) is 0 Å². The van der Waals surface area contributed by atoms with E-state index in [9.17, 15) is 14.2 Å². The molecule has 0 saturated carbocycles. The van der Waals surface area contributed by atoms with E-state index in [-0.39, 0.29) is 17.0 Å². The molecule has 29 heavy (non-hydrogen) atoms. The highest BCUT2D eigenvalue weighted by Gasteiger charge is 2.19. The van der Waals surface area contributed by atoms with Crippen molar-refractivity contribution in [3.05, 3.63) is 113 Å². The van der Waals surface area contributed by atoms with Crippen LogP contribution in [-0.4, -0.2) is 22.2 Å². The Bertz CT molecular complexity index is 997. The van der Waals surface area contributed by atoms with Gasteiger partial charge in [0.15, 0.2) is 11.1 Å². The highest BCUT2D eigenvalue weighted by atomic mass is 31.1. The second-order valence-corrected chi connectivity index (χ2v) is 7.80. The Labute approximate surface area is 168 Å². The number of carboxylic acid groups (broad SMARTS) is 2. The molecule has 5 nitrogen and oxygen atoms in total. The van der Waals surface area contributed by atoms with E-state index in [1.807, 2.05) is 18.2 Å². The molecule has 0 aromatic heterocycles. The van der Waals surface area contributed by atoms with E-state index >= 15 is 0 Å². The van der Waals surface area contributed by atoms with Gasteiger partial charge in [0.1, 0.15) is 0 Å². The molecule has 2 N–H and O–H groups in total. The summed E-state index contributed by atoms with van der Waals surface area (Å²) in [5, 5.41) is 18.9. The van der Waals surface area contributed by atoms with E-state index in [4.69, 9.17) is 10.2 Å². The lowest BCUT2D eigenvalue weighted by Crippen LogP contribution is -2.02. The van der Waals surface area contributed by atoms with E-state index in [0.717, 1.165) is 11.1 Å². The number of rotatable bonds is 7. The second kappa shape index (κ2) is 9.09. The zero-order valence-electron chi connectivity index (χ0n) is 15.3. The summed E-state index contributed by atoms with van der Waals surface area (Å²) >= 11 is 0. The average molecular weight is 405 g/mol. The van der Waals surface area contributed by atoms with Crippen molar-refractivity contribution in [1.82, 2.24) is 0 Å². The smallest absolute Gasteiger partial charge is 0.407 e. The summed E-state index contributed by atoms with van der Waals surface area (Å²) in [4.78, 5) is 22.2. The van der Waals surface area contributed by atoms with Gasteiger partial charge in [0.25, 0.3) is 0 Å². The van der Waals surface area contributed by atoms with E-state index < -0.39 is 19.7 Å². The van der Waals surface area contributed by atoms with Crippen molar-refractivity contribution >= 4 is 25.0 Å². The van der Waals surface area contributed by atoms with Crippen LogP contribution >= 0.6 is 7.80 Å². The van der Waals surface area contributed by atoms with Crippen molar-refractivity contribution in [2.24, 2.45) is 0 Å². The van der Waals surface area contributed by atoms with Gasteiger partial charge in [-0.3, -0.25) is 0 Å². The molecule has 0 fully saturated rings.